The monoisotopic (exact) mass is 357 g/mol. The Morgan fingerprint density at radius 3 is 2.79 bits per heavy atom. The average Bonchev–Trinajstić information content (AvgIpc) is 3.33. The van der Waals surface area contributed by atoms with E-state index in [9.17, 15) is 4.79 Å². The zero-order chi connectivity index (χ0) is 16.5. The molecular weight excluding hydrogens is 342 g/mol. The minimum atomic E-state index is -0.106. The number of nitrogens with one attached hydrogen (secondary N) is 1. The fraction of sp³-hybridized carbons (Fsp3) is 0.176. The maximum Gasteiger partial charge on any atom is 0.257 e. The number of amides is 1. The fourth-order valence-electron chi connectivity index (χ4n) is 2.63. The summed E-state index contributed by atoms with van der Waals surface area (Å²) in [6.45, 7) is 0. The van der Waals surface area contributed by atoms with Crippen LogP contribution in [-0.4, -0.2) is 22.8 Å². The van der Waals surface area contributed by atoms with Crippen molar-refractivity contribution in [3.63, 3.8) is 0 Å². The Balaban J connectivity index is 1.73. The molecule has 7 heteroatoms. The van der Waals surface area contributed by atoms with Gasteiger partial charge in [-0.25, -0.2) is 4.68 Å². The lowest BCUT2D eigenvalue weighted by Gasteiger charge is -2.11. The number of carbonyl (C=O) groups excluding carboxylic acids is 1. The van der Waals surface area contributed by atoms with Crippen LogP contribution < -0.4 is 10.1 Å². The van der Waals surface area contributed by atoms with Gasteiger partial charge in [0.1, 0.15) is 11.6 Å². The van der Waals surface area contributed by atoms with E-state index in [4.69, 9.17) is 9.84 Å². The van der Waals surface area contributed by atoms with Gasteiger partial charge in [0.15, 0.2) is 0 Å². The Labute approximate surface area is 147 Å². The quantitative estimate of drug-likeness (QED) is 0.768. The molecular formula is C17H15N3O2S2. The van der Waals surface area contributed by atoms with Crippen LogP contribution in [0.25, 0.3) is 5.69 Å². The van der Waals surface area contributed by atoms with Crippen LogP contribution in [0.3, 0.4) is 0 Å². The molecule has 1 N–H and O–H groups in total. The zero-order valence-electron chi connectivity index (χ0n) is 13.0. The van der Waals surface area contributed by atoms with Crippen molar-refractivity contribution in [3.05, 3.63) is 57.9 Å². The third-order valence-corrected chi connectivity index (χ3v) is 5.54. The van der Waals surface area contributed by atoms with E-state index >= 15 is 0 Å². The maximum absolute atomic E-state index is 12.5. The molecule has 5 nitrogen and oxygen atoms in total. The number of fused-ring (bicyclic) bond motifs is 1. The Bertz CT molecular complexity index is 870. The van der Waals surface area contributed by atoms with Crippen molar-refractivity contribution < 1.29 is 9.53 Å². The SMILES string of the molecule is COc1ccc(-n2nc3c(c2NC(=O)c2ccsc2)CSC3)cc1. The molecule has 0 bridgehead atoms. The lowest BCUT2D eigenvalue weighted by atomic mass is 10.2. The highest BCUT2D eigenvalue weighted by atomic mass is 32.2. The first-order chi connectivity index (χ1) is 11.8. The van der Waals surface area contributed by atoms with Gasteiger partial charge in [0, 0.05) is 22.4 Å². The van der Waals surface area contributed by atoms with E-state index in [2.05, 4.69) is 5.32 Å². The fourth-order valence-corrected chi connectivity index (χ4v) is 4.30. The minimum absolute atomic E-state index is 0.106. The van der Waals surface area contributed by atoms with Crippen LogP contribution in [0.15, 0.2) is 41.1 Å². The number of rotatable bonds is 4. The molecule has 0 fully saturated rings. The van der Waals surface area contributed by atoms with Crippen molar-refractivity contribution >= 4 is 34.8 Å². The summed E-state index contributed by atoms with van der Waals surface area (Å²) in [5.41, 5.74) is 3.72. The highest BCUT2D eigenvalue weighted by molar-refractivity contribution is 7.98. The molecule has 4 rings (SSSR count). The van der Waals surface area contributed by atoms with E-state index in [-0.39, 0.29) is 5.91 Å². The molecule has 1 aliphatic rings. The number of benzene rings is 1. The van der Waals surface area contributed by atoms with E-state index in [1.807, 2.05) is 57.5 Å². The largest absolute Gasteiger partial charge is 0.497 e. The van der Waals surface area contributed by atoms with Gasteiger partial charge in [0.05, 0.1) is 24.1 Å². The lowest BCUT2D eigenvalue weighted by Crippen LogP contribution is -2.15. The molecule has 122 valence electrons. The van der Waals surface area contributed by atoms with E-state index in [1.54, 1.807) is 7.11 Å². The Morgan fingerprint density at radius 2 is 2.08 bits per heavy atom. The normalized spacial score (nSPS) is 12.9. The van der Waals surface area contributed by atoms with Crippen LogP contribution in [0.4, 0.5) is 5.82 Å². The van der Waals surface area contributed by atoms with Gasteiger partial charge in [0.2, 0.25) is 0 Å². The van der Waals surface area contributed by atoms with Crippen LogP contribution >= 0.6 is 23.1 Å². The summed E-state index contributed by atoms with van der Waals surface area (Å²) in [5.74, 6) is 3.18. The summed E-state index contributed by atoms with van der Waals surface area (Å²) >= 11 is 3.32. The number of hydrogen-bond donors (Lipinski definition) is 1. The molecule has 3 heterocycles. The van der Waals surface area contributed by atoms with Crippen LogP contribution in [0.1, 0.15) is 21.6 Å². The molecule has 0 atom stereocenters. The molecule has 0 saturated heterocycles. The molecule has 24 heavy (non-hydrogen) atoms. The number of anilines is 1. The predicted molar refractivity (Wildman–Crippen MR) is 97.4 cm³/mol. The molecule has 1 aromatic carbocycles. The Hall–Kier alpha value is -2.25. The van der Waals surface area contributed by atoms with E-state index in [0.717, 1.165) is 40.0 Å². The molecule has 0 saturated carbocycles. The second-order valence-corrected chi connectivity index (χ2v) is 7.11. The summed E-state index contributed by atoms with van der Waals surface area (Å²) in [5, 5.41) is 11.5. The topological polar surface area (TPSA) is 56.1 Å². The molecule has 0 spiro atoms. The molecule has 1 aliphatic heterocycles. The first-order valence-electron chi connectivity index (χ1n) is 7.43. The maximum atomic E-state index is 12.5. The van der Waals surface area contributed by atoms with Gasteiger partial charge in [-0.2, -0.15) is 28.2 Å². The number of aromatic nitrogens is 2. The number of carbonyl (C=O) groups is 1. The van der Waals surface area contributed by atoms with Gasteiger partial charge in [-0.1, -0.05) is 0 Å². The van der Waals surface area contributed by atoms with Crippen molar-refractivity contribution in [2.45, 2.75) is 11.5 Å². The first kappa shape index (κ1) is 15.3. The summed E-state index contributed by atoms with van der Waals surface area (Å²) in [6.07, 6.45) is 0. The van der Waals surface area contributed by atoms with Crippen molar-refractivity contribution in [1.82, 2.24) is 9.78 Å². The molecule has 1 amide bonds. The summed E-state index contributed by atoms with van der Waals surface area (Å²) in [7, 11) is 1.64. The second kappa shape index (κ2) is 6.33. The first-order valence-corrected chi connectivity index (χ1v) is 9.52. The molecule has 0 unspecified atom stereocenters. The number of hydrogen-bond acceptors (Lipinski definition) is 5. The second-order valence-electron chi connectivity index (χ2n) is 5.34. The third kappa shape index (κ3) is 2.70. The standard InChI is InChI=1S/C17H15N3O2S2/c1-22-13-4-2-12(3-5-13)20-16(14-9-24-10-15(14)19-20)18-17(21)11-6-7-23-8-11/h2-8H,9-10H2,1H3,(H,18,21). The van der Waals surface area contributed by atoms with E-state index in [1.165, 1.54) is 11.3 Å². The van der Waals surface area contributed by atoms with Crippen LogP contribution in [0, 0.1) is 0 Å². The molecule has 3 aromatic rings. The zero-order valence-corrected chi connectivity index (χ0v) is 14.6. The van der Waals surface area contributed by atoms with E-state index in [0.29, 0.717) is 5.56 Å². The van der Waals surface area contributed by atoms with Crippen LogP contribution in [0.5, 0.6) is 5.75 Å². The summed E-state index contributed by atoms with van der Waals surface area (Å²) < 4.78 is 7.02. The van der Waals surface area contributed by atoms with Gasteiger partial charge in [-0.3, -0.25) is 4.79 Å². The predicted octanol–water partition coefficient (Wildman–Crippen LogP) is 3.94. The van der Waals surface area contributed by atoms with Crippen molar-refractivity contribution in [1.29, 1.82) is 0 Å². The Morgan fingerprint density at radius 1 is 1.25 bits per heavy atom. The van der Waals surface area contributed by atoms with Gasteiger partial charge in [-0.15, -0.1) is 0 Å². The summed E-state index contributed by atoms with van der Waals surface area (Å²) in [6, 6.07) is 9.48. The lowest BCUT2D eigenvalue weighted by molar-refractivity contribution is 0.102. The molecule has 0 aliphatic carbocycles. The number of methoxy groups -OCH3 is 1. The van der Waals surface area contributed by atoms with Crippen LogP contribution in [-0.2, 0) is 11.5 Å². The highest BCUT2D eigenvalue weighted by Gasteiger charge is 2.25. The van der Waals surface area contributed by atoms with E-state index < -0.39 is 0 Å². The van der Waals surface area contributed by atoms with Crippen molar-refractivity contribution in [2.75, 3.05) is 12.4 Å². The number of ether oxygens (including phenoxy) is 1. The van der Waals surface area contributed by atoms with Gasteiger partial charge >= 0.3 is 0 Å². The number of thioether (sulfide) groups is 1. The van der Waals surface area contributed by atoms with Gasteiger partial charge < -0.3 is 10.1 Å². The number of nitrogens with zero attached hydrogens (tertiary/aromatic N) is 2. The third-order valence-electron chi connectivity index (χ3n) is 3.88. The summed E-state index contributed by atoms with van der Waals surface area (Å²) in [4.78, 5) is 12.5. The van der Waals surface area contributed by atoms with Crippen molar-refractivity contribution in [2.24, 2.45) is 0 Å². The smallest absolute Gasteiger partial charge is 0.257 e. The molecule has 2 aromatic heterocycles. The van der Waals surface area contributed by atoms with Gasteiger partial charge in [0.25, 0.3) is 5.91 Å². The van der Waals surface area contributed by atoms with Gasteiger partial charge in [-0.05, 0) is 35.7 Å². The average molecular weight is 357 g/mol. The minimum Gasteiger partial charge on any atom is -0.497 e. The van der Waals surface area contributed by atoms with Crippen LogP contribution in [0.2, 0.25) is 0 Å². The highest BCUT2D eigenvalue weighted by Crippen LogP contribution is 2.36. The number of thiophene rings is 1. The van der Waals surface area contributed by atoms with Crippen molar-refractivity contribution in [3.8, 4) is 11.4 Å². The molecule has 0 radical (unpaired) electrons. The Kier molecular flexibility index (Phi) is 4.03.